The molecule has 0 saturated carbocycles. The first-order valence-corrected chi connectivity index (χ1v) is 6.42. The third-order valence-electron chi connectivity index (χ3n) is 3.12. The maximum absolute atomic E-state index is 12.3. The topological polar surface area (TPSA) is 67.9 Å². The van der Waals surface area contributed by atoms with Crippen LogP contribution >= 0.6 is 0 Å². The smallest absolute Gasteiger partial charge is 0.328 e. The van der Waals surface area contributed by atoms with Gasteiger partial charge in [-0.25, -0.2) is 9.59 Å². The van der Waals surface area contributed by atoms with Crippen LogP contribution in [-0.2, 0) is 9.53 Å². The molecular weight excluding hydrogens is 260 g/mol. The largest absolute Gasteiger partial charge is 0.490 e. The first-order chi connectivity index (χ1) is 9.52. The molecule has 6 nitrogen and oxygen atoms in total. The summed E-state index contributed by atoms with van der Waals surface area (Å²) in [5.74, 6) is 0.193. The summed E-state index contributed by atoms with van der Waals surface area (Å²) in [6, 6.07) is 4.63. The van der Waals surface area contributed by atoms with Crippen molar-refractivity contribution < 1.29 is 19.1 Å². The number of hydrogen-bond donors (Lipinski definition) is 1. The highest BCUT2D eigenvalue weighted by atomic mass is 16.5. The fraction of sp³-hybridized carbons (Fsp3) is 0.429. The van der Waals surface area contributed by atoms with Crippen LogP contribution in [0.1, 0.15) is 12.5 Å². The summed E-state index contributed by atoms with van der Waals surface area (Å²) in [5.41, 5.74) is 1.75. The third-order valence-corrected chi connectivity index (χ3v) is 3.12. The van der Waals surface area contributed by atoms with Crippen molar-refractivity contribution in [2.45, 2.75) is 19.9 Å². The first-order valence-electron chi connectivity index (χ1n) is 6.42. The van der Waals surface area contributed by atoms with Gasteiger partial charge in [-0.05, 0) is 31.5 Å². The molecule has 1 aromatic rings. The zero-order chi connectivity index (χ0) is 14.7. The van der Waals surface area contributed by atoms with Crippen molar-refractivity contribution in [2.75, 3.05) is 25.2 Å². The van der Waals surface area contributed by atoms with Crippen LogP contribution < -0.4 is 15.0 Å². The number of nitrogens with zero attached hydrogens (tertiary/aromatic N) is 1. The molecule has 0 aliphatic carbocycles. The zero-order valence-corrected chi connectivity index (χ0v) is 11.8. The average molecular weight is 278 g/mol. The molecular formula is C14H18N2O4. The number of nitrogens with one attached hydrogen (secondary N) is 1. The lowest BCUT2D eigenvalue weighted by molar-refractivity contribution is -0.142. The lowest BCUT2D eigenvalue weighted by atomic mass is 10.1. The quantitative estimate of drug-likeness (QED) is 0.832. The third kappa shape index (κ3) is 2.84. The monoisotopic (exact) mass is 278 g/mol. The lowest BCUT2D eigenvalue weighted by Crippen LogP contribution is -2.49. The molecule has 0 saturated heterocycles. The van der Waals surface area contributed by atoms with Crippen LogP contribution in [0.5, 0.6) is 5.75 Å². The van der Waals surface area contributed by atoms with E-state index in [1.165, 1.54) is 7.11 Å². The molecule has 6 heteroatoms. The second-order valence-corrected chi connectivity index (χ2v) is 4.67. The maximum atomic E-state index is 12.3. The maximum Gasteiger partial charge on any atom is 0.328 e. The van der Waals surface area contributed by atoms with Crippen LogP contribution in [0.4, 0.5) is 10.5 Å². The Morgan fingerprint density at radius 1 is 1.45 bits per heavy atom. The number of anilines is 1. The number of ether oxygens (including phenoxy) is 2. The number of hydrogen-bond acceptors (Lipinski definition) is 4. The number of rotatable bonds is 2. The summed E-state index contributed by atoms with van der Waals surface area (Å²) in [6.45, 7) is 4.40. The molecule has 2 rings (SSSR count). The Hall–Kier alpha value is -2.24. The van der Waals surface area contributed by atoms with E-state index in [0.717, 1.165) is 5.56 Å². The van der Waals surface area contributed by atoms with E-state index >= 15 is 0 Å². The Morgan fingerprint density at radius 2 is 2.20 bits per heavy atom. The molecule has 108 valence electrons. The van der Waals surface area contributed by atoms with Crippen molar-refractivity contribution in [3.8, 4) is 5.75 Å². The molecule has 1 N–H and O–H groups in total. The van der Waals surface area contributed by atoms with Gasteiger partial charge in [-0.15, -0.1) is 0 Å². The van der Waals surface area contributed by atoms with Crippen LogP contribution in [0.15, 0.2) is 18.2 Å². The number of methoxy groups -OCH3 is 1. The zero-order valence-electron chi connectivity index (χ0n) is 11.8. The van der Waals surface area contributed by atoms with Gasteiger partial charge in [-0.1, -0.05) is 6.07 Å². The summed E-state index contributed by atoms with van der Waals surface area (Å²) in [7, 11) is 1.29. The Morgan fingerprint density at radius 3 is 2.90 bits per heavy atom. The molecule has 0 aromatic heterocycles. The van der Waals surface area contributed by atoms with Gasteiger partial charge in [0.05, 0.1) is 19.3 Å². The van der Waals surface area contributed by atoms with Gasteiger partial charge in [0.25, 0.3) is 0 Å². The number of carbonyl (C=O) groups is 2. The van der Waals surface area contributed by atoms with Crippen molar-refractivity contribution in [1.82, 2.24) is 5.32 Å². The van der Waals surface area contributed by atoms with E-state index in [-0.39, 0.29) is 6.03 Å². The Balaban J connectivity index is 2.16. The standard InChI is InChI=1S/C14H18N2O4/c1-9-4-5-12-11(8-9)16(6-7-20-12)14(18)15-10(2)13(17)19-3/h4-5,8,10H,6-7H2,1-3H3,(H,15,18)/t10-/m1/s1. The van der Waals surface area contributed by atoms with E-state index in [0.29, 0.717) is 24.6 Å². The minimum Gasteiger partial charge on any atom is -0.490 e. The predicted octanol–water partition coefficient (Wildman–Crippen LogP) is 1.46. The normalized spacial score (nSPS) is 14.8. The van der Waals surface area contributed by atoms with E-state index in [2.05, 4.69) is 10.1 Å². The van der Waals surface area contributed by atoms with Crippen molar-refractivity contribution in [3.63, 3.8) is 0 Å². The number of amides is 2. The van der Waals surface area contributed by atoms with E-state index in [4.69, 9.17) is 4.74 Å². The summed E-state index contributed by atoms with van der Waals surface area (Å²) >= 11 is 0. The minimum atomic E-state index is -0.691. The van der Waals surface area contributed by atoms with Gasteiger partial charge in [0.1, 0.15) is 18.4 Å². The number of benzene rings is 1. The van der Waals surface area contributed by atoms with Crippen LogP contribution in [0.25, 0.3) is 0 Å². The van der Waals surface area contributed by atoms with E-state index < -0.39 is 12.0 Å². The second kappa shape index (κ2) is 5.81. The summed E-state index contributed by atoms with van der Waals surface area (Å²) in [6.07, 6.45) is 0. The molecule has 20 heavy (non-hydrogen) atoms. The molecule has 2 amide bonds. The van der Waals surface area contributed by atoms with Crippen LogP contribution in [0.2, 0.25) is 0 Å². The van der Waals surface area contributed by atoms with Crippen molar-refractivity contribution in [2.24, 2.45) is 0 Å². The van der Waals surface area contributed by atoms with E-state index in [1.54, 1.807) is 11.8 Å². The van der Waals surface area contributed by atoms with Crippen LogP contribution in [-0.4, -0.2) is 38.3 Å². The highest BCUT2D eigenvalue weighted by Gasteiger charge is 2.26. The predicted molar refractivity (Wildman–Crippen MR) is 74.0 cm³/mol. The molecule has 1 aliphatic heterocycles. The fourth-order valence-corrected chi connectivity index (χ4v) is 2.04. The number of esters is 1. The minimum absolute atomic E-state index is 0.335. The molecule has 1 aliphatic rings. The average Bonchev–Trinajstić information content (AvgIpc) is 2.45. The lowest BCUT2D eigenvalue weighted by Gasteiger charge is -2.30. The fourth-order valence-electron chi connectivity index (χ4n) is 2.04. The molecule has 0 spiro atoms. The molecule has 0 radical (unpaired) electrons. The van der Waals surface area contributed by atoms with Gasteiger partial charge in [0.15, 0.2) is 0 Å². The Kier molecular flexibility index (Phi) is 4.12. The highest BCUT2D eigenvalue weighted by molar-refractivity contribution is 5.96. The van der Waals surface area contributed by atoms with Crippen molar-refractivity contribution in [3.05, 3.63) is 23.8 Å². The van der Waals surface area contributed by atoms with Gasteiger partial charge >= 0.3 is 12.0 Å². The Bertz CT molecular complexity index is 530. The molecule has 0 unspecified atom stereocenters. The van der Waals surface area contributed by atoms with Crippen molar-refractivity contribution in [1.29, 1.82) is 0 Å². The van der Waals surface area contributed by atoms with Crippen LogP contribution in [0.3, 0.4) is 0 Å². The number of urea groups is 1. The van der Waals surface area contributed by atoms with E-state index in [1.807, 2.05) is 25.1 Å². The van der Waals surface area contributed by atoms with Gasteiger partial charge in [0, 0.05) is 0 Å². The number of aryl methyl sites for hydroxylation is 1. The second-order valence-electron chi connectivity index (χ2n) is 4.67. The van der Waals surface area contributed by atoms with E-state index in [9.17, 15) is 9.59 Å². The highest BCUT2D eigenvalue weighted by Crippen LogP contribution is 2.32. The molecule has 1 aromatic carbocycles. The van der Waals surface area contributed by atoms with Crippen molar-refractivity contribution >= 4 is 17.7 Å². The molecule has 1 atom stereocenters. The van der Waals surface area contributed by atoms with Gasteiger partial charge < -0.3 is 14.8 Å². The summed E-state index contributed by atoms with van der Waals surface area (Å²) in [4.78, 5) is 25.2. The molecule has 0 bridgehead atoms. The summed E-state index contributed by atoms with van der Waals surface area (Å²) < 4.78 is 10.1. The number of carbonyl (C=O) groups excluding carboxylic acids is 2. The van der Waals surface area contributed by atoms with Gasteiger partial charge in [-0.3, -0.25) is 4.90 Å². The van der Waals surface area contributed by atoms with Gasteiger partial charge in [0.2, 0.25) is 0 Å². The first kappa shape index (κ1) is 14.2. The molecule has 1 heterocycles. The molecule has 0 fully saturated rings. The SMILES string of the molecule is COC(=O)[C@@H](C)NC(=O)N1CCOc2ccc(C)cc21. The number of fused-ring (bicyclic) bond motifs is 1. The Labute approximate surface area is 117 Å². The summed E-state index contributed by atoms with van der Waals surface area (Å²) in [5, 5.41) is 2.62. The van der Waals surface area contributed by atoms with Gasteiger partial charge in [-0.2, -0.15) is 0 Å². The van der Waals surface area contributed by atoms with Crippen LogP contribution in [0, 0.1) is 6.92 Å².